The lowest BCUT2D eigenvalue weighted by atomic mass is 10.0. The van der Waals surface area contributed by atoms with Crippen molar-refractivity contribution in [2.75, 3.05) is 24.6 Å². The molecule has 1 aliphatic heterocycles. The Hall–Kier alpha value is -3.41. The fraction of sp³-hybridized carbons (Fsp3) is 0.320. The topological polar surface area (TPSA) is 67.3 Å². The summed E-state index contributed by atoms with van der Waals surface area (Å²) in [6.45, 7) is 6.55. The summed E-state index contributed by atoms with van der Waals surface area (Å²) in [5.41, 5.74) is 3.35. The van der Waals surface area contributed by atoms with Crippen LogP contribution in [0.25, 0.3) is 11.3 Å². The van der Waals surface area contributed by atoms with Crippen LogP contribution in [0.2, 0.25) is 0 Å². The average Bonchev–Trinajstić information content (AvgIpc) is 3.35. The molecule has 6 heteroatoms. The van der Waals surface area contributed by atoms with E-state index in [1.165, 1.54) is 12.8 Å². The van der Waals surface area contributed by atoms with Gasteiger partial charge in [0, 0.05) is 36.6 Å². The van der Waals surface area contributed by atoms with E-state index in [1.54, 1.807) is 12.4 Å². The molecule has 31 heavy (non-hydrogen) atoms. The van der Waals surface area contributed by atoms with E-state index >= 15 is 0 Å². The minimum absolute atomic E-state index is 0.116. The summed E-state index contributed by atoms with van der Waals surface area (Å²) in [5, 5.41) is 3.09. The summed E-state index contributed by atoms with van der Waals surface area (Å²) in [6, 6.07) is 15.3. The number of benzene rings is 2. The van der Waals surface area contributed by atoms with Gasteiger partial charge in [0.15, 0.2) is 5.82 Å². The summed E-state index contributed by atoms with van der Waals surface area (Å²) in [5.74, 6) is 1.60. The number of hydrogen-bond donors (Lipinski definition) is 1. The molecule has 3 aromatic rings. The highest BCUT2D eigenvalue weighted by atomic mass is 16.5. The van der Waals surface area contributed by atoms with Crippen molar-refractivity contribution in [1.29, 1.82) is 0 Å². The van der Waals surface area contributed by atoms with Crippen molar-refractivity contribution in [1.82, 2.24) is 15.3 Å². The van der Waals surface area contributed by atoms with Crippen molar-refractivity contribution >= 4 is 11.7 Å². The van der Waals surface area contributed by atoms with Crippen molar-refractivity contribution in [3.63, 3.8) is 0 Å². The van der Waals surface area contributed by atoms with Crippen LogP contribution in [0.4, 0.5) is 5.82 Å². The van der Waals surface area contributed by atoms with Crippen LogP contribution in [-0.4, -0.2) is 35.6 Å². The van der Waals surface area contributed by atoms with Crippen molar-refractivity contribution in [2.24, 2.45) is 0 Å². The number of amides is 1. The van der Waals surface area contributed by atoms with Crippen molar-refractivity contribution in [3.8, 4) is 17.0 Å². The largest absolute Gasteiger partial charge is 0.494 e. The van der Waals surface area contributed by atoms with E-state index in [0.29, 0.717) is 12.2 Å². The van der Waals surface area contributed by atoms with Gasteiger partial charge in [-0.15, -0.1) is 0 Å². The van der Waals surface area contributed by atoms with E-state index < -0.39 is 0 Å². The first-order chi connectivity index (χ1) is 15.2. The standard InChI is InChI=1S/C25H28N4O2/c1-3-31-22-11-9-19(10-12-22)18(2)28-25(30)21-8-6-7-20(17-21)23-24(27-14-13-26-23)29-15-4-5-16-29/h6-14,17-18H,3-5,15-16H2,1-2H3,(H,28,30). The van der Waals surface area contributed by atoms with E-state index in [0.717, 1.165) is 41.5 Å². The monoisotopic (exact) mass is 416 g/mol. The maximum atomic E-state index is 12.9. The molecule has 1 aliphatic rings. The van der Waals surface area contributed by atoms with Gasteiger partial charge in [-0.1, -0.05) is 24.3 Å². The summed E-state index contributed by atoms with van der Waals surface area (Å²) in [4.78, 5) is 24.4. The predicted octanol–water partition coefficient (Wildman–Crippen LogP) is 4.63. The molecule has 1 N–H and O–H groups in total. The maximum absolute atomic E-state index is 12.9. The summed E-state index contributed by atoms with van der Waals surface area (Å²) < 4.78 is 5.49. The van der Waals surface area contributed by atoms with Gasteiger partial charge in [-0.05, 0) is 56.5 Å². The SMILES string of the molecule is CCOc1ccc(C(C)NC(=O)c2cccc(-c3nccnc3N3CCCC3)c2)cc1. The number of hydrogen-bond acceptors (Lipinski definition) is 5. The fourth-order valence-corrected chi connectivity index (χ4v) is 3.89. The zero-order valence-corrected chi connectivity index (χ0v) is 18.0. The second-order valence-electron chi connectivity index (χ2n) is 7.70. The van der Waals surface area contributed by atoms with Gasteiger partial charge < -0.3 is 15.0 Å². The van der Waals surface area contributed by atoms with E-state index in [-0.39, 0.29) is 11.9 Å². The molecule has 1 amide bonds. The van der Waals surface area contributed by atoms with E-state index in [4.69, 9.17) is 4.74 Å². The molecule has 0 saturated carbocycles. The Morgan fingerprint density at radius 3 is 2.58 bits per heavy atom. The van der Waals surface area contributed by atoms with Crippen LogP contribution in [0.1, 0.15) is 48.7 Å². The summed E-state index contributed by atoms with van der Waals surface area (Å²) >= 11 is 0. The molecule has 2 heterocycles. The van der Waals surface area contributed by atoms with Gasteiger partial charge in [0.1, 0.15) is 11.4 Å². The highest BCUT2D eigenvalue weighted by molar-refractivity contribution is 5.96. The Balaban J connectivity index is 1.51. The number of ether oxygens (including phenoxy) is 1. The van der Waals surface area contributed by atoms with Crippen molar-refractivity contribution in [2.45, 2.75) is 32.7 Å². The van der Waals surface area contributed by atoms with Crippen LogP contribution >= 0.6 is 0 Å². The first kappa shape index (κ1) is 20.8. The molecule has 0 bridgehead atoms. The lowest BCUT2D eigenvalue weighted by Gasteiger charge is -2.19. The number of carbonyl (C=O) groups excluding carboxylic acids is 1. The Labute approximate surface area is 183 Å². The van der Waals surface area contributed by atoms with Gasteiger partial charge in [-0.25, -0.2) is 4.98 Å². The third-order valence-corrected chi connectivity index (χ3v) is 5.52. The maximum Gasteiger partial charge on any atom is 0.251 e. The Kier molecular flexibility index (Phi) is 6.46. The molecule has 2 aromatic carbocycles. The quantitative estimate of drug-likeness (QED) is 0.608. The second-order valence-corrected chi connectivity index (χ2v) is 7.70. The first-order valence-electron chi connectivity index (χ1n) is 10.9. The molecular weight excluding hydrogens is 388 g/mol. The molecule has 1 fully saturated rings. The van der Waals surface area contributed by atoms with Crippen molar-refractivity contribution in [3.05, 3.63) is 72.1 Å². The molecular formula is C25H28N4O2. The summed E-state index contributed by atoms with van der Waals surface area (Å²) in [6.07, 6.45) is 5.77. The number of nitrogens with zero attached hydrogens (tertiary/aromatic N) is 3. The zero-order chi connectivity index (χ0) is 21.6. The highest BCUT2D eigenvalue weighted by Crippen LogP contribution is 2.29. The van der Waals surface area contributed by atoms with Crippen LogP contribution in [0.5, 0.6) is 5.75 Å². The smallest absolute Gasteiger partial charge is 0.251 e. The molecule has 0 radical (unpaired) electrons. The molecule has 1 unspecified atom stereocenters. The third kappa shape index (κ3) is 4.85. The molecule has 4 rings (SSSR count). The molecule has 1 atom stereocenters. The molecule has 1 saturated heterocycles. The van der Waals surface area contributed by atoms with Gasteiger partial charge in [0.25, 0.3) is 5.91 Å². The van der Waals surface area contributed by atoms with Crippen molar-refractivity contribution < 1.29 is 9.53 Å². The van der Waals surface area contributed by atoms with Crippen LogP contribution in [0.3, 0.4) is 0 Å². The average molecular weight is 417 g/mol. The zero-order valence-electron chi connectivity index (χ0n) is 18.0. The van der Waals surface area contributed by atoms with E-state index in [2.05, 4.69) is 20.2 Å². The number of anilines is 1. The minimum atomic E-state index is -0.122. The minimum Gasteiger partial charge on any atom is -0.494 e. The number of carbonyl (C=O) groups is 1. The lowest BCUT2D eigenvalue weighted by molar-refractivity contribution is 0.0940. The molecule has 160 valence electrons. The molecule has 0 aliphatic carbocycles. The number of rotatable bonds is 7. The van der Waals surface area contributed by atoms with E-state index in [1.807, 2.05) is 62.4 Å². The van der Waals surface area contributed by atoms with Crippen LogP contribution in [0, 0.1) is 0 Å². The number of aromatic nitrogens is 2. The first-order valence-corrected chi connectivity index (χ1v) is 10.9. The third-order valence-electron chi connectivity index (χ3n) is 5.52. The van der Waals surface area contributed by atoms with Crippen LogP contribution in [-0.2, 0) is 0 Å². The predicted molar refractivity (Wildman–Crippen MR) is 122 cm³/mol. The van der Waals surface area contributed by atoms with Gasteiger partial charge >= 0.3 is 0 Å². The fourth-order valence-electron chi connectivity index (χ4n) is 3.89. The number of nitrogens with one attached hydrogen (secondary N) is 1. The second kappa shape index (κ2) is 9.60. The lowest BCUT2D eigenvalue weighted by Crippen LogP contribution is -2.26. The van der Waals surface area contributed by atoms with Gasteiger partial charge in [-0.2, -0.15) is 0 Å². The van der Waals surface area contributed by atoms with Crippen LogP contribution < -0.4 is 15.0 Å². The van der Waals surface area contributed by atoms with Crippen LogP contribution in [0.15, 0.2) is 60.9 Å². The van der Waals surface area contributed by atoms with E-state index in [9.17, 15) is 4.79 Å². The van der Waals surface area contributed by atoms with Gasteiger partial charge in [-0.3, -0.25) is 9.78 Å². The Morgan fingerprint density at radius 2 is 1.84 bits per heavy atom. The normalized spacial score (nSPS) is 14.3. The molecule has 1 aromatic heterocycles. The molecule has 6 nitrogen and oxygen atoms in total. The Morgan fingerprint density at radius 1 is 1.10 bits per heavy atom. The Bertz CT molecular complexity index is 1030. The van der Waals surface area contributed by atoms with Gasteiger partial charge in [0.05, 0.1) is 12.6 Å². The highest BCUT2D eigenvalue weighted by Gasteiger charge is 2.20. The van der Waals surface area contributed by atoms with Gasteiger partial charge in [0.2, 0.25) is 0 Å². The summed E-state index contributed by atoms with van der Waals surface area (Å²) in [7, 11) is 0. The molecule has 0 spiro atoms.